The molecule has 0 spiro atoms. The van der Waals surface area contributed by atoms with E-state index in [9.17, 15) is 4.79 Å². The van der Waals surface area contributed by atoms with Gasteiger partial charge in [-0.05, 0) is 25.1 Å². The van der Waals surface area contributed by atoms with Crippen LogP contribution in [0.5, 0.6) is 11.5 Å². The van der Waals surface area contributed by atoms with Gasteiger partial charge in [0.05, 0.1) is 19.9 Å². The first-order valence-electron chi connectivity index (χ1n) is 6.20. The van der Waals surface area contributed by atoms with E-state index in [2.05, 4.69) is 10.3 Å². The second-order valence-corrected chi connectivity index (χ2v) is 5.27. The molecule has 6 nitrogen and oxygen atoms in total. The minimum atomic E-state index is -0.961. The van der Waals surface area contributed by atoms with Crippen LogP contribution in [0, 0.1) is 6.92 Å². The molecule has 21 heavy (non-hydrogen) atoms. The van der Waals surface area contributed by atoms with E-state index in [0.717, 1.165) is 28.4 Å². The highest BCUT2D eigenvalue weighted by Gasteiger charge is 2.14. The molecule has 0 aliphatic rings. The number of methoxy groups -OCH3 is 2. The predicted octanol–water partition coefficient (Wildman–Crippen LogP) is 2.78. The first-order valence-corrected chi connectivity index (χ1v) is 7.02. The van der Waals surface area contributed by atoms with Gasteiger partial charge in [-0.3, -0.25) is 0 Å². The first-order chi connectivity index (χ1) is 10.0. The van der Waals surface area contributed by atoms with Gasteiger partial charge in [-0.15, -0.1) is 0 Å². The molecule has 0 amide bonds. The SMILES string of the molecule is COc1ccc(OC)c(CNc2nc(C)c(C(=O)O)s2)c1. The van der Waals surface area contributed by atoms with Gasteiger partial charge in [0, 0.05) is 12.1 Å². The number of carboxylic acid groups (broad SMARTS) is 1. The van der Waals surface area contributed by atoms with Crippen LogP contribution in [0.1, 0.15) is 20.9 Å². The number of carboxylic acids is 1. The standard InChI is InChI=1S/C14H16N2O4S/c1-8-12(13(17)18)21-14(16-8)15-7-9-6-10(19-2)4-5-11(9)20-3/h4-6H,7H2,1-3H3,(H,15,16)(H,17,18). The molecule has 0 fully saturated rings. The molecular weight excluding hydrogens is 292 g/mol. The van der Waals surface area contributed by atoms with Gasteiger partial charge in [0.15, 0.2) is 5.13 Å². The van der Waals surface area contributed by atoms with Crippen LogP contribution in [0.25, 0.3) is 0 Å². The largest absolute Gasteiger partial charge is 0.497 e. The number of carbonyl (C=O) groups is 1. The van der Waals surface area contributed by atoms with Gasteiger partial charge >= 0.3 is 5.97 Å². The second kappa shape index (κ2) is 6.45. The number of aromatic nitrogens is 1. The average molecular weight is 308 g/mol. The zero-order chi connectivity index (χ0) is 15.4. The summed E-state index contributed by atoms with van der Waals surface area (Å²) in [5.41, 5.74) is 1.41. The van der Waals surface area contributed by atoms with Crippen molar-refractivity contribution in [3.8, 4) is 11.5 Å². The number of rotatable bonds is 6. The third kappa shape index (κ3) is 3.43. The molecule has 0 aliphatic carbocycles. The minimum Gasteiger partial charge on any atom is -0.497 e. The van der Waals surface area contributed by atoms with E-state index >= 15 is 0 Å². The lowest BCUT2D eigenvalue weighted by Gasteiger charge is -2.10. The van der Waals surface area contributed by atoms with Crippen LogP contribution in [0.4, 0.5) is 5.13 Å². The molecule has 7 heteroatoms. The van der Waals surface area contributed by atoms with E-state index in [0.29, 0.717) is 17.4 Å². The van der Waals surface area contributed by atoms with E-state index < -0.39 is 5.97 Å². The number of anilines is 1. The fourth-order valence-electron chi connectivity index (χ4n) is 1.86. The molecule has 1 heterocycles. The fourth-order valence-corrected chi connectivity index (χ4v) is 2.66. The number of hydrogen-bond acceptors (Lipinski definition) is 6. The topological polar surface area (TPSA) is 80.7 Å². The van der Waals surface area contributed by atoms with E-state index in [1.807, 2.05) is 18.2 Å². The molecule has 0 unspecified atom stereocenters. The summed E-state index contributed by atoms with van der Waals surface area (Å²) in [5, 5.41) is 12.7. The summed E-state index contributed by atoms with van der Waals surface area (Å²) in [6, 6.07) is 5.51. The summed E-state index contributed by atoms with van der Waals surface area (Å²) < 4.78 is 10.5. The Kier molecular flexibility index (Phi) is 4.64. The Morgan fingerprint density at radius 2 is 2.14 bits per heavy atom. The minimum absolute atomic E-state index is 0.245. The molecule has 2 aromatic rings. The molecule has 2 rings (SSSR count). The Labute approximate surface area is 126 Å². The molecule has 1 aromatic heterocycles. The molecule has 0 saturated heterocycles. The lowest BCUT2D eigenvalue weighted by atomic mass is 10.2. The van der Waals surface area contributed by atoms with Gasteiger partial charge in [0.25, 0.3) is 0 Å². The number of hydrogen-bond donors (Lipinski definition) is 2. The van der Waals surface area contributed by atoms with Gasteiger partial charge in [-0.1, -0.05) is 11.3 Å². The van der Waals surface area contributed by atoms with Crippen molar-refractivity contribution in [2.45, 2.75) is 13.5 Å². The molecule has 112 valence electrons. The number of aryl methyl sites for hydroxylation is 1. The Morgan fingerprint density at radius 3 is 2.71 bits per heavy atom. The normalized spacial score (nSPS) is 10.2. The first kappa shape index (κ1) is 15.1. The van der Waals surface area contributed by atoms with E-state index in [1.165, 1.54) is 0 Å². The zero-order valence-electron chi connectivity index (χ0n) is 12.0. The monoisotopic (exact) mass is 308 g/mol. The van der Waals surface area contributed by atoms with Crippen LogP contribution in [0.15, 0.2) is 18.2 Å². The molecule has 0 bridgehead atoms. The van der Waals surface area contributed by atoms with Crippen LogP contribution in [-0.2, 0) is 6.54 Å². The summed E-state index contributed by atoms with van der Waals surface area (Å²) in [6.07, 6.45) is 0. The Balaban J connectivity index is 2.15. The third-order valence-corrected chi connectivity index (χ3v) is 4.01. The summed E-state index contributed by atoms with van der Waals surface area (Å²) in [7, 11) is 3.20. The van der Waals surface area contributed by atoms with Crippen molar-refractivity contribution in [1.82, 2.24) is 4.98 Å². The van der Waals surface area contributed by atoms with Gasteiger partial charge in [-0.2, -0.15) is 0 Å². The van der Waals surface area contributed by atoms with E-state index in [1.54, 1.807) is 21.1 Å². The Bertz CT molecular complexity index is 654. The molecule has 0 radical (unpaired) electrons. The predicted molar refractivity (Wildman–Crippen MR) is 80.7 cm³/mol. The third-order valence-electron chi connectivity index (χ3n) is 2.91. The number of thiazole rings is 1. The Hall–Kier alpha value is -2.28. The number of nitrogens with one attached hydrogen (secondary N) is 1. The number of benzene rings is 1. The summed E-state index contributed by atoms with van der Waals surface area (Å²) >= 11 is 1.12. The second-order valence-electron chi connectivity index (χ2n) is 4.27. The van der Waals surface area contributed by atoms with Gasteiger partial charge in [0.1, 0.15) is 16.4 Å². The van der Waals surface area contributed by atoms with Crippen LogP contribution >= 0.6 is 11.3 Å². The Morgan fingerprint density at radius 1 is 1.38 bits per heavy atom. The molecule has 0 atom stereocenters. The lowest BCUT2D eigenvalue weighted by molar-refractivity contribution is 0.0701. The quantitative estimate of drug-likeness (QED) is 0.854. The molecule has 1 aromatic carbocycles. The van der Waals surface area contributed by atoms with E-state index in [-0.39, 0.29) is 4.88 Å². The van der Waals surface area contributed by atoms with Gasteiger partial charge in [0.2, 0.25) is 0 Å². The highest BCUT2D eigenvalue weighted by Crippen LogP contribution is 2.27. The zero-order valence-corrected chi connectivity index (χ0v) is 12.8. The molecule has 2 N–H and O–H groups in total. The van der Waals surface area contributed by atoms with Gasteiger partial charge in [-0.25, -0.2) is 9.78 Å². The fraction of sp³-hybridized carbons (Fsp3) is 0.286. The lowest BCUT2D eigenvalue weighted by Crippen LogP contribution is -2.02. The maximum Gasteiger partial charge on any atom is 0.347 e. The maximum atomic E-state index is 11.0. The highest BCUT2D eigenvalue weighted by molar-refractivity contribution is 7.17. The van der Waals surface area contributed by atoms with Crippen molar-refractivity contribution in [3.63, 3.8) is 0 Å². The van der Waals surface area contributed by atoms with E-state index in [4.69, 9.17) is 14.6 Å². The molecule has 0 saturated carbocycles. The number of ether oxygens (including phenoxy) is 2. The van der Waals surface area contributed by atoms with Crippen molar-refractivity contribution in [3.05, 3.63) is 34.3 Å². The van der Waals surface area contributed by atoms with Crippen molar-refractivity contribution >= 4 is 22.4 Å². The molecule has 0 aliphatic heterocycles. The summed E-state index contributed by atoms with van der Waals surface area (Å²) in [5.74, 6) is 0.501. The van der Waals surface area contributed by atoms with Crippen LogP contribution < -0.4 is 14.8 Å². The maximum absolute atomic E-state index is 11.0. The van der Waals surface area contributed by atoms with Crippen molar-refractivity contribution in [2.24, 2.45) is 0 Å². The van der Waals surface area contributed by atoms with Crippen molar-refractivity contribution in [2.75, 3.05) is 19.5 Å². The number of nitrogens with zero attached hydrogens (tertiary/aromatic N) is 1. The van der Waals surface area contributed by atoms with Crippen molar-refractivity contribution < 1.29 is 19.4 Å². The van der Waals surface area contributed by atoms with Crippen LogP contribution in [-0.4, -0.2) is 30.3 Å². The van der Waals surface area contributed by atoms with Crippen LogP contribution in [0.2, 0.25) is 0 Å². The van der Waals surface area contributed by atoms with Crippen molar-refractivity contribution in [1.29, 1.82) is 0 Å². The molecular formula is C14H16N2O4S. The number of aromatic carboxylic acids is 1. The highest BCUT2D eigenvalue weighted by atomic mass is 32.1. The summed E-state index contributed by atoms with van der Waals surface area (Å²) in [4.78, 5) is 15.4. The van der Waals surface area contributed by atoms with Gasteiger partial charge < -0.3 is 19.9 Å². The smallest absolute Gasteiger partial charge is 0.347 e. The van der Waals surface area contributed by atoms with Crippen LogP contribution in [0.3, 0.4) is 0 Å². The summed E-state index contributed by atoms with van der Waals surface area (Å²) in [6.45, 7) is 2.14. The average Bonchev–Trinajstić information content (AvgIpc) is 2.86.